The van der Waals surface area contributed by atoms with E-state index in [1.54, 1.807) is 37.3 Å². The first-order chi connectivity index (χ1) is 11.6. The van der Waals surface area contributed by atoms with E-state index < -0.39 is 0 Å². The first kappa shape index (κ1) is 16.3. The van der Waals surface area contributed by atoms with Crippen molar-refractivity contribution in [2.24, 2.45) is 0 Å². The molecule has 0 fully saturated rings. The third kappa shape index (κ3) is 3.07. The molecule has 0 aliphatic carbocycles. The average molecular weight is 329 g/mol. The van der Waals surface area contributed by atoms with E-state index >= 15 is 0 Å². The Labute approximate surface area is 140 Å². The number of amides is 1. The fraction of sp³-hybridized carbons (Fsp3) is 0.316. The predicted octanol–water partition coefficient (Wildman–Crippen LogP) is 3.36. The largest absolute Gasteiger partial charge is 0.497 e. The van der Waals surface area contributed by atoms with Gasteiger partial charge in [-0.15, -0.1) is 0 Å². The Morgan fingerprint density at radius 3 is 2.71 bits per heavy atom. The third-order valence-corrected chi connectivity index (χ3v) is 4.31. The van der Waals surface area contributed by atoms with Gasteiger partial charge in [-0.2, -0.15) is 0 Å². The number of methoxy groups -OCH3 is 2. The highest BCUT2D eigenvalue weighted by molar-refractivity contribution is 5.96. The highest BCUT2D eigenvalue weighted by atomic mass is 19.1. The number of fused-ring (bicyclic) bond motifs is 1. The number of benzene rings is 2. The molecule has 1 aliphatic heterocycles. The maximum atomic E-state index is 13.8. The summed E-state index contributed by atoms with van der Waals surface area (Å²) in [6.07, 6.45) is 1.72. The summed E-state index contributed by atoms with van der Waals surface area (Å²) in [5, 5.41) is 0. The van der Waals surface area contributed by atoms with Crippen molar-refractivity contribution < 1.29 is 18.7 Å². The standard InChI is InChI=1S/C19H20FNO3/c1-23-14-11-17-15(18(12-14)24-2)7-5-9-21(17)19(22)10-13-6-3-4-8-16(13)20/h3-4,6,8,11-12H,5,7,9-10H2,1-2H3. The van der Waals surface area contributed by atoms with Crippen molar-refractivity contribution in [1.82, 2.24) is 0 Å². The molecule has 0 bridgehead atoms. The summed E-state index contributed by atoms with van der Waals surface area (Å²) in [5.74, 6) is 0.867. The Morgan fingerprint density at radius 1 is 1.21 bits per heavy atom. The van der Waals surface area contributed by atoms with Crippen LogP contribution in [0.4, 0.5) is 10.1 Å². The van der Waals surface area contributed by atoms with E-state index in [2.05, 4.69) is 0 Å². The minimum atomic E-state index is -0.355. The summed E-state index contributed by atoms with van der Waals surface area (Å²) in [4.78, 5) is 14.5. The number of rotatable bonds is 4. The number of ether oxygens (including phenoxy) is 2. The van der Waals surface area contributed by atoms with Crippen LogP contribution in [0.5, 0.6) is 11.5 Å². The van der Waals surface area contributed by atoms with E-state index in [9.17, 15) is 9.18 Å². The Hall–Kier alpha value is -2.56. The van der Waals surface area contributed by atoms with Crippen LogP contribution in [0.25, 0.3) is 0 Å². The third-order valence-electron chi connectivity index (χ3n) is 4.31. The Morgan fingerprint density at radius 2 is 2.00 bits per heavy atom. The van der Waals surface area contributed by atoms with Gasteiger partial charge in [0, 0.05) is 24.2 Å². The molecule has 0 atom stereocenters. The van der Waals surface area contributed by atoms with E-state index in [0.717, 1.165) is 24.1 Å². The van der Waals surface area contributed by atoms with Crippen LogP contribution in [-0.2, 0) is 17.6 Å². The second kappa shape index (κ2) is 6.91. The number of carbonyl (C=O) groups is 1. The second-order valence-electron chi connectivity index (χ2n) is 5.74. The highest BCUT2D eigenvalue weighted by Crippen LogP contribution is 2.38. The zero-order chi connectivity index (χ0) is 17.1. The van der Waals surface area contributed by atoms with Gasteiger partial charge in [0.15, 0.2) is 0 Å². The lowest BCUT2D eigenvalue weighted by Crippen LogP contribution is -2.36. The topological polar surface area (TPSA) is 38.8 Å². The van der Waals surface area contributed by atoms with Gasteiger partial charge >= 0.3 is 0 Å². The molecule has 4 nitrogen and oxygen atoms in total. The van der Waals surface area contributed by atoms with E-state index in [0.29, 0.717) is 23.6 Å². The molecule has 0 radical (unpaired) electrons. The molecule has 126 valence electrons. The van der Waals surface area contributed by atoms with Crippen molar-refractivity contribution in [3.63, 3.8) is 0 Å². The van der Waals surface area contributed by atoms with Crippen LogP contribution in [0.15, 0.2) is 36.4 Å². The van der Waals surface area contributed by atoms with Crippen molar-refractivity contribution in [1.29, 1.82) is 0 Å². The minimum absolute atomic E-state index is 0.0334. The fourth-order valence-electron chi connectivity index (χ4n) is 3.09. The zero-order valence-corrected chi connectivity index (χ0v) is 13.8. The van der Waals surface area contributed by atoms with Crippen LogP contribution in [0.1, 0.15) is 17.5 Å². The molecule has 2 aromatic rings. The predicted molar refractivity (Wildman–Crippen MR) is 90.3 cm³/mol. The fourth-order valence-corrected chi connectivity index (χ4v) is 3.09. The Balaban J connectivity index is 1.94. The molecule has 5 heteroatoms. The monoisotopic (exact) mass is 329 g/mol. The molecule has 0 saturated heterocycles. The number of halogens is 1. The molecule has 3 rings (SSSR count). The number of nitrogens with zero attached hydrogens (tertiary/aromatic N) is 1. The smallest absolute Gasteiger partial charge is 0.231 e. The summed E-state index contributed by atoms with van der Waals surface area (Å²) in [6.45, 7) is 0.608. The molecule has 24 heavy (non-hydrogen) atoms. The van der Waals surface area contributed by atoms with Crippen molar-refractivity contribution in [3.8, 4) is 11.5 Å². The van der Waals surface area contributed by atoms with Gasteiger partial charge in [-0.05, 0) is 24.5 Å². The maximum Gasteiger partial charge on any atom is 0.231 e. The van der Waals surface area contributed by atoms with Crippen LogP contribution in [-0.4, -0.2) is 26.7 Å². The van der Waals surface area contributed by atoms with E-state index in [1.165, 1.54) is 6.07 Å². The van der Waals surface area contributed by atoms with E-state index in [1.807, 2.05) is 12.1 Å². The summed E-state index contributed by atoms with van der Waals surface area (Å²) in [7, 11) is 3.19. The molecular weight excluding hydrogens is 309 g/mol. The van der Waals surface area contributed by atoms with Gasteiger partial charge in [0.25, 0.3) is 0 Å². The van der Waals surface area contributed by atoms with Crippen LogP contribution < -0.4 is 14.4 Å². The van der Waals surface area contributed by atoms with Gasteiger partial charge in [0.2, 0.25) is 5.91 Å². The van der Waals surface area contributed by atoms with Crippen molar-refractivity contribution in [3.05, 3.63) is 53.3 Å². The molecule has 0 aromatic heterocycles. The molecule has 0 spiro atoms. The van der Waals surface area contributed by atoms with E-state index in [-0.39, 0.29) is 18.1 Å². The van der Waals surface area contributed by atoms with Crippen molar-refractivity contribution in [2.75, 3.05) is 25.7 Å². The first-order valence-electron chi connectivity index (χ1n) is 7.92. The van der Waals surface area contributed by atoms with Crippen LogP contribution >= 0.6 is 0 Å². The van der Waals surface area contributed by atoms with Crippen LogP contribution in [0.3, 0.4) is 0 Å². The molecule has 0 N–H and O–H groups in total. The molecule has 2 aromatic carbocycles. The van der Waals surface area contributed by atoms with Gasteiger partial charge in [0.05, 0.1) is 26.3 Å². The molecule has 1 amide bonds. The van der Waals surface area contributed by atoms with Gasteiger partial charge in [-0.1, -0.05) is 18.2 Å². The molecular formula is C19H20FNO3. The molecule has 0 unspecified atom stereocenters. The molecule has 1 heterocycles. The highest BCUT2D eigenvalue weighted by Gasteiger charge is 2.26. The van der Waals surface area contributed by atoms with Gasteiger partial charge in [-0.3, -0.25) is 4.79 Å². The summed E-state index contributed by atoms with van der Waals surface area (Å²) < 4.78 is 24.6. The lowest BCUT2D eigenvalue weighted by molar-refractivity contribution is -0.118. The van der Waals surface area contributed by atoms with Gasteiger partial charge in [-0.25, -0.2) is 4.39 Å². The lowest BCUT2D eigenvalue weighted by atomic mass is 9.99. The van der Waals surface area contributed by atoms with Gasteiger partial charge < -0.3 is 14.4 Å². The van der Waals surface area contributed by atoms with E-state index in [4.69, 9.17) is 9.47 Å². The Kier molecular flexibility index (Phi) is 4.69. The average Bonchev–Trinajstić information content (AvgIpc) is 2.62. The Bertz CT molecular complexity index is 760. The van der Waals surface area contributed by atoms with Gasteiger partial charge in [0.1, 0.15) is 17.3 Å². The summed E-state index contributed by atoms with van der Waals surface area (Å²) in [6, 6.07) is 10.0. The van der Waals surface area contributed by atoms with Crippen molar-refractivity contribution in [2.45, 2.75) is 19.3 Å². The quantitative estimate of drug-likeness (QED) is 0.863. The normalized spacial score (nSPS) is 13.4. The van der Waals surface area contributed by atoms with Crippen LogP contribution in [0.2, 0.25) is 0 Å². The lowest BCUT2D eigenvalue weighted by Gasteiger charge is -2.31. The molecule has 0 saturated carbocycles. The zero-order valence-electron chi connectivity index (χ0n) is 13.8. The molecule has 1 aliphatic rings. The van der Waals surface area contributed by atoms with Crippen LogP contribution in [0, 0.1) is 5.82 Å². The summed E-state index contributed by atoms with van der Waals surface area (Å²) in [5.41, 5.74) is 2.19. The first-order valence-corrected chi connectivity index (χ1v) is 7.92. The second-order valence-corrected chi connectivity index (χ2v) is 5.74. The maximum absolute atomic E-state index is 13.8. The number of hydrogen-bond acceptors (Lipinski definition) is 3. The van der Waals surface area contributed by atoms with Crippen molar-refractivity contribution >= 4 is 11.6 Å². The number of carbonyl (C=O) groups excluding carboxylic acids is 1. The SMILES string of the molecule is COc1cc(OC)c2c(c1)N(C(=O)Cc1ccccc1F)CCC2. The summed E-state index contributed by atoms with van der Waals surface area (Å²) >= 11 is 0. The number of anilines is 1. The number of hydrogen-bond donors (Lipinski definition) is 0. The minimum Gasteiger partial charge on any atom is -0.497 e.